The van der Waals surface area contributed by atoms with Crippen molar-refractivity contribution < 1.29 is 9.47 Å². The number of ether oxygens (including phenoxy) is 2. The van der Waals surface area contributed by atoms with Crippen molar-refractivity contribution in [3.8, 4) is 24.3 Å². The van der Waals surface area contributed by atoms with Crippen molar-refractivity contribution in [3.63, 3.8) is 0 Å². The van der Waals surface area contributed by atoms with Gasteiger partial charge in [-0.25, -0.2) is 0 Å². The molecule has 2 aromatic carbocycles. The quantitative estimate of drug-likeness (QED) is 0.757. The van der Waals surface area contributed by atoms with E-state index in [-0.39, 0.29) is 0 Å². The average Bonchev–Trinajstić information content (AvgIpc) is 2.95. The number of nitriles is 4. The molecule has 0 aromatic heterocycles. The van der Waals surface area contributed by atoms with Crippen molar-refractivity contribution >= 4 is 17.5 Å². The highest BCUT2D eigenvalue weighted by Crippen LogP contribution is 2.69. The van der Waals surface area contributed by atoms with Gasteiger partial charge in [-0.2, -0.15) is 21.0 Å². The van der Waals surface area contributed by atoms with Crippen molar-refractivity contribution in [1.82, 2.24) is 0 Å². The molecule has 2 aromatic rings. The molecule has 2 aliphatic heterocycles. The first-order valence-electron chi connectivity index (χ1n) is 9.31. The predicted molar refractivity (Wildman–Crippen MR) is 108 cm³/mol. The van der Waals surface area contributed by atoms with Crippen LogP contribution in [0.3, 0.4) is 0 Å². The number of halogens is 1. The summed E-state index contributed by atoms with van der Waals surface area (Å²) in [7, 11) is 0. The van der Waals surface area contributed by atoms with Crippen LogP contribution in [0.2, 0.25) is 5.02 Å². The fourth-order valence-corrected chi connectivity index (χ4v) is 4.80. The van der Waals surface area contributed by atoms with Crippen LogP contribution < -0.4 is 0 Å². The first-order chi connectivity index (χ1) is 14.8. The van der Waals surface area contributed by atoms with Crippen molar-refractivity contribution in [2.24, 2.45) is 16.7 Å². The lowest BCUT2D eigenvalue weighted by Crippen LogP contribution is -2.57. The molecule has 0 aliphatic carbocycles. The van der Waals surface area contributed by atoms with E-state index in [1.807, 2.05) is 18.2 Å². The van der Waals surface area contributed by atoms with Crippen LogP contribution in [-0.4, -0.2) is 5.90 Å². The standard InChI is InChI=1S/C23H14ClN5O2/c1-14-22(13-28)20(29)31-23(14,17-3-2-4-18(24)9-17)30-19(21(22,11-26)12-27)16-7-5-15(10-25)6-8-16/h2-9,14,19,29H,1H3. The molecule has 31 heavy (non-hydrogen) atoms. The van der Waals surface area contributed by atoms with Gasteiger partial charge >= 0.3 is 0 Å². The Bertz CT molecular complexity index is 1250. The Morgan fingerprint density at radius 1 is 1.00 bits per heavy atom. The van der Waals surface area contributed by atoms with Crippen molar-refractivity contribution in [3.05, 3.63) is 70.2 Å². The van der Waals surface area contributed by atoms with Gasteiger partial charge in [0.2, 0.25) is 17.1 Å². The topological polar surface area (TPSA) is 137 Å². The molecule has 0 amide bonds. The highest BCUT2D eigenvalue weighted by Gasteiger charge is 2.79. The summed E-state index contributed by atoms with van der Waals surface area (Å²) in [5.41, 5.74) is -2.68. The van der Waals surface area contributed by atoms with E-state index in [1.165, 1.54) is 12.1 Å². The van der Waals surface area contributed by atoms with Crippen LogP contribution in [0.25, 0.3) is 0 Å². The fraction of sp³-hybridized carbons (Fsp3) is 0.261. The first kappa shape index (κ1) is 20.4. The van der Waals surface area contributed by atoms with Gasteiger partial charge in [0.25, 0.3) is 0 Å². The maximum absolute atomic E-state index is 10.3. The summed E-state index contributed by atoms with van der Waals surface area (Å²) in [6.45, 7) is 1.63. The van der Waals surface area contributed by atoms with Crippen LogP contribution in [0.1, 0.15) is 29.7 Å². The summed E-state index contributed by atoms with van der Waals surface area (Å²) in [5.74, 6) is -2.97. The molecule has 2 saturated heterocycles. The number of hydrogen-bond acceptors (Lipinski definition) is 7. The van der Waals surface area contributed by atoms with E-state index >= 15 is 0 Å². The Morgan fingerprint density at radius 2 is 1.68 bits per heavy atom. The molecular formula is C23H14ClN5O2. The normalized spacial score (nSPS) is 30.2. The Kier molecular flexibility index (Phi) is 4.49. The minimum absolute atomic E-state index is 0.388. The number of benzene rings is 2. The number of rotatable bonds is 2. The summed E-state index contributed by atoms with van der Waals surface area (Å²) >= 11 is 6.18. The third kappa shape index (κ3) is 2.37. The summed E-state index contributed by atoms with van der Waals surface area (Å²) in [5, 5.41) is 48.7. The van der Waals surface area contributed by atoms with Gasteiger partial charge in [-0.1, -0.05) is 42.8 Å². The summed E-state index contributed by atoms with van der Waals surface area (Å²) in [6, 6.07) is 20.9. The maximum Gasteiger partial charge on any atom is 0.244 e. The van der Waals surface area contributed by atoms with E-state index in [2.05, 4.69) is 6.07 Å². The van der Waals surface area contributed by atoms with Crippen LogP contribution in [0.5, 0.6) is 0 Å². The molecule has 4 atom stereocenters. The molecule has 2 aliphatic rings. The molecule has 2 heterocycles. The zero-order valence-corrected chi connectivity index (χ0v) is 17.0. The smallest absolute Gasteiger partial charge is 0.244 e. The average molecular weight is 428 g/mol. The van der Waals surface area contributed by atoms with Gasteiger partial charge in [0, 0.05) is 10.6 Å². The molecule has 0 radical (unpaired) electrons. The molecule has 8 heteroatoms. The zero-order chi connectivity index (χ0) is 22.4. The van der Waals surface area contributed by atoms with E-state index < -0.39 is 34.5 Å². The lowest BCUT2D eigenvalue weighted by Gasteiger charge is -2.48. The molecular weight excluding hydrogens is 414 g/mol. The monoisotopic (exact) mass is 427 g/mol. The zero-order valence-electron chi connectivity index (χ0n) is 16.3. The lowest BCUT2D eigenvalue weighted by molar-refractivity contribution is -0.288. The van der Waals surface area contributed by atoms with Crippen molar-refractivity contribution in [2.45, 2.75) is 18.8 Å². The number of nitrogens with zero attached hydrogens (tertiary/aromatic N) is 4. The molecule has 1 N–H and O–H groups in total. The Morgan fingerprint density at radius 3 is 2.23 bits per heavy atom. The molecule has 0 saturated carbocycles. The summed E-state index contributed by atoms with van der Waals surface area (Å²) in [6.07, 6.45) is -1.23. The molecule has 7 nitrogen and oxygen atoms in total. The maximum atomic E-state index is 10.3. The predicted octanol–water partition coefficient (Wildman–Crippen LogP) is 4.32. The van der Waals surface area contributed by atoms with E-state index in [1.54, 1.807) is 43.3 Å². The minimum Gasteiger partial charge on any atom is -0.443 e. The second-order valence-corrected chi connectivity index (χ2v) is 7.95. The Balaban J connectivity index is 2.03. The van der Waals surface area contributed by atoms with Crippen molar-refractivity contribution in [1.29, 1.82) is 26.5 Å². The number of fused-ring (bicyclic) bond motifs is 2. The van der Waals surface area contributed by atoms with Gasteiger partial charge < -0.3 is 9.47 Å². The summed E-state index contributed by atoms with van der Waals surface area (Å²) < 4.78 is 12.3. The van der Waals surface area contributed by atoms with Crippen LogP contribution in [0.4, 0.5) is 0 Å². The summed E-state index contributed by atoms with van der Waals surface area (Å²) in [4.78, 5) is 0. The second kappa shape index (κ2) is 6.83. The highest BCUT2D eigenvalue weighted by molar-refractivity contribution is 6.30. The molecule has 150 valence electrons. The second-order valence-electron chi connectivity index (χ2n) is 7.51. The van der Waals surface area contributed by atoms with Gasteiger partial charge in [0.1, 0.15) is 6.10 Å². The van der Waals surface area contributed by atoms with Gasteiger partial charge in [0.15, 0.2) is 5.41 Å². The van der Waals surface area contributed by atoms with Crippen LogP contribution >= 0.6 is 11.6 Å². The highest BCUT2D eigenvalue weighted by atomic mass is 35.5. The van der Waals surface area contributed by atoms with Crippen LogP contribution in [-0.2, 0) is 15.3 Å². The molecule has 4 rings (SSSR count). The van der Waals surface area contributed by atoms with Gasteiger partial charge in [-0.3, -0.25) is 5.41 Å². The molecule has 4 unspecified atom stereocenters. The SMILES string of the molecule is CC1C2(c3cccc(Cl)c3)OC(=N)C1(C#N)C(C#N)(C#N)C(c1ccc(C#N)cc1)O2. The van der Waals surface area contributed by atoms with Crippen molar-refractivity contribution in [2.75, 3.05) is 0 Å². The van der Waals surface area contributed by atoms with E-state index in [4.69, 9.17) is 31.7 Å². The van der Waals surface area contributed by atoms with Gasteiger partial charge in [-0.15, -0.1) is 0 Å². The third-order valence-corrected chi connectivity index (χ3v) is 6.47. The Hall–Kier alpha value is -3.88. The first-order valence-corrected chi connectivity index (χ1v) is 9.68. The molecule has 2 bridgehead atoms. The Labute approximate surface area is 183 Å². The minimum atomic E-state index is -2.06. The molecule has 0 spiro atoms. The lowest BCUT2D eigenvalue weighted by atomic mass is 9.53. The largest absolute Gasteiger partial charge is 0.443 e. The van der Waals surface area contributed by atoms with Gasteiger partial charge in [0.05, 0.1) is 35.8 Å². The van der Waals surface area contributed by atoms with Crippen LogP contribution in [0.15, 0.2) is 48.5 Å². The molecule has 2 fully saturated rings. The van der Waals surface area contributed by atoms with E-state index in [9.17, 15) is 15.8 Å². The van der Waals surface area contributed by atoms with Crippen LogP contribution in [0, 0.1) is 67.5 Å². The fourth-order valence-electron chi connectivity index (χ4n) is 4.61. The van der Waals surface area contributed by atoms with E-state index in [0.29, 0.717) is 21.7 Å². The van der Waals surface area contributed by atoms with Gasteiger partial charge in [-0.05, 0) is 29.8 Å². The number of hydrogen-bond donors (Lipinski definition) is 1. The third-order valence-electron chi connectivity index (χ3n) is 6.24. The number of nitrogens with one attached hydrogen (secondary N) is 1. The van der Waals surface area contributed by atoms with E-state index in [0.717, 1.165) is 0 Å².